The molecule has 2 amide bonds. The molecule has 38 heavy (non-hydrogen) atoms. The molecule has 3 aromatic carbocycles. The summed E-state index contributed by atoms with van der Waals surface area (Å²) in [4.78, 5) is 29.1. The highest BCUT2D eigenvalue weighted by Gasteiger charge is 2.32. The minimum absolute atomic E-state index is 0.119. The summed E-state index contributed by atoms with van der Waals surface area (Å²) in [6.07, 6.45) is 5.67. The van der Waals surface area contributed by atoms with Gasteiger partial charge in [-0.05, 0) is 83.0 Å². The van der Waals surface area contributed by atoms with Crippen LogP contribution in [0.2, 0.25) is 10.0 Å². The molecule has 5 nitrogen and oxygen atoms in total. The van der Waals surface area contributed by atoms with E-state index >= 15 is 0 Å². The highest BCUT2D eigenvalue weighted by atomic mass is 127. The number of halogens is 3. The van der Waals surface area contributed by atoms with Crippen LogP contribution in [0.1, 0.15) is 43.2 Å². The first kappa shape index (κ1) is 28.7. The fourth-order valence-electron chi connectivity index (χ4n) is 4.69. The predicted molar refractivity (Wildman–Crippen MR) is 161 cm³/mol. The number of carbonyl (C=O) groups is 2. The van der Waals surface area contributed by atoms with Crippen molar-refractivity contribution in [1.29, 1.82) is 0 Å². The third-order valence-electron chi connectivity index (χ3n) is 6.75. The number of amides is 2. The standard InChI is InChI=1S/C30H31Cl2IN2O3/c31-23-12-11-22(27(32)18-23)19-35(29(36)20-38-26-15-13-24(33)14-16-26)28(17-21-7-3-1-4-8-21)30(37)34-25-9-5-2-6-10-25/h1,3-4,7-8,11-16,18,25,28H,2,5-6,9-10,17,19-20H2,(H,34,37)/t28-/m1/s1. The molecule has 4 rings (SSSR count). The predicted octanol–water partition coefficient (Wildman–Crippen LogP) is 7.07. The van der Waals surface area contributed by atoms with Gasteiger partial charge in [0, 0.05) is 32.6 Å². The van der Waals surface area contributed by atoms with Crippen LogP contribution in [-0.2, 0) is 22.6 Å². The van der Waals surface area contributed by atoms with Gasteiger partial charge in [0.1, 0.15) is 11.8 Å². The van der Waals surface area contributed by atoms with Gasteiger partial charge < -0.3 is 15.0 Å². The van der Waals surface area contributed by atoms with Gasteiger partial charge >= 0.3 is 0 Å². The van der Waals surface area contributed by atoms with Gasteiger partial charge in [-0.3, -0.25) is 9.59 Å². The minimum Gasteiger partial charge on any atom is -0.484 e. The lowest BCUT2D eigenvalue weighted by Gasteiger charge is -2.33. The Kier molecular flexibility index (Phi) is 10.7. The van der Waals surface area contributed by atoms with E-state index in [0.717, 1.165) is 34.8 Å². The van der Waals surface area contributed by atoms with Gasteiger partial charge in [0.05, 0.1) is 0 Å². The Labute approximate surface area is 248 Å². The summed E-state index contributed by atoms with van der Waals surface area (Å²) in [6, 6.07) is 21.8. The Balaban J connectivity index is 1.62. The number of nitrogens with one attached hydrogen (secondary N) is 1. The molecule has 1 atom stereocenters. The topological polar surface area (TPSA) is 58.6 Å². The van der Waals surface area contributed by atoms with E-state index in [-0.39, 0.29) is 31.0 Å². The van der Waals surface area contributed by atoms with Gasteiger partial charge in [-0.25, -0.2) is 0 Å². The fraction of sp³-hybridized carbons (Fsp3) is 0.333. The van der Waals surface area contributed by atoms with E-state index in [4.69, 9.17) is 27.9 Å². The third-order valence-corrected chi connectivity index (χ3v) is 8.06. The van der Waals surface area contributed by atoms with Gasteiger partial charge in [-0.1, -0.05) is 78.9 Å². The maximum Gasteiger partial charge on any atom is 0.261 e. The highest BCUT2D eigenvalue weighted by molar-refractivity contribution is 14.1. The summed E-state index contributed by atoms with van der Waals surface area (Å²) >= 11 is 14.9. The first-order valence-corrected chi connectivity index (χ1v) is 14.7. The number of carbonyl (C=O) groups excluding carboxylic acids is 2. The second-order valence-electron chi connectivity index (χ2n) is 9.55. The van der Waals surface area contributed by atoms with Gasteiger partial charge in [-0.15, -0.1) is 0 Å². The Morgan fingerprint density at radius 2 is 1.68 bits per heavy atom. The molecule has 0 aliphatic heterocycles. The van der Waals surface area contributed by atoms with Crippen molar-refractivity contribution in [3.05, 3.63) is 97.5 Å². The molecular formula is C30H31Cl2IN2O3. The average molecular weight is 665 g/mol. The van der Waals surface area contributed by atoms with Crippen LogP contribution in [0.3, 0.4) is 0 Å². The summed E-state index contributed by atoms with van der Waals surface area (Å²) in [7, 11) is 0. The third kappa shape index (κ3) is 8.35. The van der Waals surface area contributed by atoms with Crippen molar-refractivity contribution in [3.8, 4) is 5.75 Å². The monoisotopic (exact) mass is 664 g/mol. The molecule has 0 saturated heterocycles. The number of nitrogens with zero attached hydrogens (tertiary/aromatic N) is 1. The van der Waals surface area contributed by atoms with E-state index in [1.54, 1.807) is 23.1 Å². The molecule has 0 unspecified atom stereocenters. The molecule has 0 spiro atoms. The zero-order valence-corrected chi connectivity index (χ0v) is 24.7. The highest BCUT2D eigenvalue weighted by Crippen LogP contribution is 2.25. The van der Waals surface area contributed by atoms with Crippen LogP contribution >= 0.6 is 45.8 Å². The molecule has 1 N–H and O–H groups in total. The fourth-order valence-corrected chi connectivity index (χ4v) is 5.52. The van der Waals surface area contributed by atoms with Crippen LogP contribution in [0.5, 0.6) is 5.75 Å². The first-order valence-electron chi connectivity index (χ1n) is 12.8. The Morgan fingerprint density at radius 3 is 2.37 bits per heavy atom. The number of benzene rings is 3. The van der Waals surface area contributed by atoms with Crippen molar-refractivity contribution in [1.82, 2.24) is 10.2 Å². The van der Waals surface area contributed by atoms with Crippen molar-refractivity contribution >= 4 is 57.6 Å². The zero-order valence-electron chi connectivity index (χ0n) is 21.0. The van der Waals surface area contributed by atoms with Gasteiger partial charge in [0.25, 0.3) is 5.91 Å². The van der Waals surface area contributed by atoms with E-state index in [9.17, 15) is 9.59 Å². The van der Waals surface area contributed by atoms with Crippen LogP contribution in [0, 0.1) is 3.57 Å². The molecule has 0 radical (unpaired) electrons. The van der Waals surface area contributed by atoms with Crippen molar-refractivity contribution in [3.63, 3.8) is 0 Å². The maximum absolute atomic E-state index is 13.8. The van der Waals surface area contributed by atoms with E-state index in [1.807, 2.05) is 54.6 Å². The molecule has 1 saturated carbocycles. The second-order valence-corrected chi connectivity index (χ2v) is 11.6. The van der Waals surface area contributed by atoms with Crippen LogP contribution in [0.15, 0.2) is 72.8 Å². The molecule has 8 heteroatoms. The summed E-state index contributed by atoms with van der Waals surface area (Å²) in [6.45, 7) is -0.0474. The van der Waals surface area contributed by atoms with E-state index in [2.05, 4.69) is 27.9 Å². The van der Waals surface area contributed by atoms with Gasteiger partial charge in [0.15, 0.2) is 6.61 Å². The molecule has 0 aromatic heterocycles. The maximum atomic E-state index is 13.8. The molecule has 1 aliphatic rings. The Morgan fingerprint density at radius 1 is 0.974 bits per heavy atom. The molecular weight excluding hydrogens is 634 g/mol. The molecule has 3 aromatic rings. The quantitative estimate of drug-likeness (QED) is 0.236. The zero-order chi connectivity index (χ0) is 26.9. The molecule has 1 aliphatic carbocycles. The summed E-state index contributed by atoms with van der Waals surface area (Å²) < 4.78 is 6.91. The number of hydrogen-bond donors (Lipinski definition) is 1. The molecule has 0 bridgehead atoms. The molecule has 1 fully saturated rings. The van der Waals surface area contributed by atoms with Crippen molar-refractivity contribution in [2.75, 3.05) is 6.61 Å². The van der Waals surface area contributed by atoms with E-state index < -0.39 is 6.04 Å². The smallest absolute Gasteiger partial charge is 0.261 e. The number of rotatable bonds is 10. The van der Waals surface area contributed by atoms with Crippen LogP contribution in [-0.4, -0.2) is 35.4 Å². The largest absolute Gasteiger partial charge is 0.484 e. The number of hydrogen-bond acceptors (Lipinski definition) is 3. The minimum atomic E-state index is -0.737. The first-order chi connectivity index (χ1) is 18.4. The van der Waals surface area contributed by atoms with Crippen molar-refractivity contribution in [2.24, 2.45) is 0 Å². The van der Waals surface area contributed by atoms with Crippen molar-refractivity contribution in [2.45, 2.75) is 57.2 Å². The summed E-state index contributed by atoms with van der Waals surface area (Å²) in [5.74, 6) is 0.136. The second kappa shape index (κ2) is 14.2. The Hall–Kier alpha value is -2.29. The normalized spacial score (nSPS) is 14.5. The van der Waals surface area contributed by atoms with Crippen LogP contribution in [0.4, 0.5) is 0 Å². The summed E-state index contributed by atoms with van der Waals surface area (Å²) in [5.41, 5.74) is 1.68. The van der Waals surface area contributed by atoms with Gasteiger partial charge in [0.2, 0.25) is 5.91 Å². The van der Waals surface area contributed by atoms with Gasteiger partial charge in [-0.2, -0.15) is 0 Å². The lowest BCUT2D eigenvalue weighted by atomic mass is 9.94. The average Bonchev–Trinajstić information content (AvgIpc) is 2.92. The van der Waals surface area contributed by atoms with Crippen molar-refractivity contribution < 1.29 is 14.3 Å². The lowest BCUT2D eigenvalue weighted by molar-refractivity contribution is -0.143. The SMILES string of the molecule is O=C(NC1CCCCC1)[C@@H](Cc1ccccc1)N(Cc1ccc(Cl)cc1Cl)C(=O)COc1ccc(I)cc1. The lowest BCUT2D eigenvalue weighted by Crippen LogP contribution is -2.53. The van der Waals surface area contributed by atoms with Crippen LogP contribution < -0.4 is 10.1 Å². The van der Waals surface area contributed by atoms with E-state index in [0.29, 0.717) is 27.8 Å². The van der Waals surface area contributed by atoms with Crippen LogP contribution in [0.25, 0.3) is 0 Å². The summed E-state index contributed by atoms with van der Waals surface area (Å²) in [5, 5.41) is 4.19. The molecule has 0 heterocycles. The molecule has 200 valence electrons. The van der Waals surface area contributed by atoms with E-state index in [1.165, 1.54) is 6.42 Å². The number of ether oxygens (including phenoxy) is 1. The Bertz CT molecular complexity index is 1220.